The third kappa shape index (κ3) is 4.42. The first-order valence-electron chi connectivity index (χ1n) is 6.02. The van der Waals surface area contributed by atoms with E-state index in [2.05, 4.69) is 42.0 Å². The van der Waals surface area contributed by atoms with Gasteiger partial charge in [0.25, 0.3) is 5.91 Å². The Morgan fingerprint density at radius 2 is 1.89 bits per heavy atom. The predicted molar refractivity (Wildman–Crippen MR) is 76.6 cm³/mol. The summed E-state index contributed by atoms with van der Waals surface area (Å²) in [7, 11) is 0. The zero-order valence-electron chi connectivity index (χ0n) is 11.0. The fourth-order valence-electron chi connectivity index (χ4n) is 1.69. The molecule has 1 atom stereocenters. The van der Waals surface area contributed by atoms with Gasteiger partial charge in [-0.3, -0.25) is 4.79 Å². The fraction of sp³-hybridized carbons (Fsp3) is 0.500. The Kier molecular flexibility index (Phi) is 5.35. The minimum Gasteiger partial charge on any atom is -0.396 e. The molecule has 1 aromatic rings. The van der Waals surface area contributed by atoms with E-state index in [0.29, 0.717) is 12.0 Å². The topological polar surface area (TPSA) is 49.3 Å². The third-order valence-electron chi connectivity index (χ3n) is 2.87. The van der Waals surface area contributed by atoms with Crippen LogP contribution in [0.3, 0.4) is 0 Å². The molecule has 0 aliphatic rings. The Labute approximate surface area is 117 Å². The lowest BCUT2D eigenvalue weighted by atomic mass is 9.85. The number of aliphatic hydroxyl groups excluding tert-OH is 1. The van der Waals surface area contributed by atoms with E-state index < -0.39 is 0 Å². The van der Waals surface area contributed by atoms with Gasteiger partial charge in [-0.15, -0.1) is 0 Å². The lowest BCUT2D eigenvalue weighted by molar-refractivity contribution is 0.0885. The molecule has 0 heterocycles. The van der Waals surface area contributed by atoms with Crippen LogP contribution in [0.15, 0.2) is 28.7 Å². The number of carbonyl (C=O) groups excluding carboxylic acids is 1. The van der Waals surface area contributed by atoms with Crippen LogP contribution in [-0.4, -0.2) is 23.7 Å². The van der Waals surface area contributed by atoms with Crippen molar-refractivity contribution >= 4 is 21.8 Å². The first-order chi connectivity index (χ1) is 8.34. The van der Waals surface area contributed by atoms with Crippen LogP contribution in [0, 0.1) is 5.41 Å². The van der Waals surface area contributed by atoms with E-state index in [0.717, 1.165) is 4.47 Å². The van der Waals surface area contributed by atoms with Crippen molar-refractivity contribution in [2.24, 2.45) is 5.41 Å². The molecule has 0 fully saturated rings. The molecule has 1 amide bonds. The van der Waals surface area contributed by atoms with E-state index in [4.69, 9.17) is 5.11 Å². The highest BCUT2D eigenvalue weighted by atomic mass is 79.9. The summed E-state index contributed by atoms with van der Waals surface area (Å²) in [5.41, 5.74) is 0.554. The van der Waals surface area contributed by atoms with Crippen molar-refractivity contribution in [3.05, 3.63) is 34.3 Å². The molecule has 0 saturated heterocycles. The van der Waals surface area contributed by atoms with Crippen LogP contribution >= 0.6 is 15.9 Å². The smallest absolute Gasteiger partial charge is 0.251 e. The second-order valence-corrected chi connectivity index (χ2v) is 6.33. The number of benzene rings is 1. The molecule has 3 nitrogen and oxygen atoms in total. The molecule has 18 heavy (non-hydrogen) atoms. The van der Waals surface area contributed by atoms with Gasteiger partial charge >= 0.3 is 0 Å². The molecule has 100 valence electrons. The summed E-state index contributed by atoms with van der Waals surface area (Å²) >= 11 is 3.34. The Morgan fingerprint density at radius 3 is 2.33 bits per heavy atom. The molecule has 2 N–H and O–H groups in total. The van der Waals surface area contributed by atoms with Gasteiger partial charge in [0.1, 0.15) is 0 Å². The van der Waals surface area contributed by atoms with Crippen LogP contribution in [0.2, 0.25) is 0 Å². The van der Waals surface area contributed by atoms with Gasteiger partial charge in [-0.2, -0.15) is 0 Å². The Bertz CT molecular complexity index is 395. The molecular weight excluding hydrogens is 294 g/mol. The maximum absolute atomic E-state index is 12.1. The summed E-state index contributed by atoms with van der Waals surface area (Å²) in [6.45, 7) is 6.22. The maximum atomic E-state index is 12.1. The van der Waals surface area contributed by atoms with Crippen molar-refractivity contribution in [2.45, 2.75) is 33.2 Å². The van der Waals surface area contributed by atoms with Crippen LogP contribution in [0.5, 0.6) is 0 Å². The molecule has 1 rings (SSSR count). The van der Waals surface area contributed by atoms with Gasteiger partial charge in [-0.05, 0) is 36.1 Å². The van der Waals surface area contributed by atoms with E-state index in [-0.39, 0.29) is 24.0 Å². The Hall–Kier alpha value is -0.870. The third-order valence-corrected chi connectivity index (χ3v) is 3.40. The van der Waals surface area contributed by atoms with Gasteiger partial charge in [-0.25, -0.2) is 0 Å². The minimum atomic E-state index is -0.101. The molecule has 0 aliphatic carbocycles. The molecule has 0 saturated carbocycles. The molecule has 0 radical (unpaired) electrons. The number of rotatable bonds is 4. The standard InChI is InChI=1S/C14H20BrNO2/c1-14(2,3)12(8-9-17)16-13(18)10-4-6-11(15)7-5-10/h4-7,12,17H,8-9H2,1-3H3,(H,16,18). The van der Waals surface area contributed by atoms with Gasteiger partial charge in [0.2, 0.25) is 0 Å². The second-order valence-electron chi connectivity index (χ2n) is 5.41. The summed E-state index contributed by atoms with van der Waals surface area (Å²) in [4.78, 5) is 12.1. The molecule has 1 aromatic carbocycles. The Balaban J connectivity index is 2.75. The van der Waals surface area contributed by atoms with Crippen LogP contribution in [0.1, 0.15) is 37.6 Å². The van der Waals surface area contributed by atoms with Crippen molar-refractivity contribution in [3.8, 4) is 0 Å². The van der Waals surface area contributed by atoms with Crippen LogP contribution in [-0.2, 0) is 0 Å². The number of aliphatic hydroxyl groups is 1. The van der Waals surface area contributed by atoms with Crippen LogP contribution < -0.4 is 5.32 Å². The summed E-state index contributed by atoms with van der Waals surface area (Å²) < 4.78 is 0.946. The maximum Gasteiger partial charge on any atom is 0.251 e. The highest BCUT2D eigenvalue weighted by Crippen LogP contribution is 2.22. The van der Waals surface area contributed by atoms with Gasteiger partial charge in [0.05, 0.1) is 0 Å². The number of carbonyl (C=O) groups is 1. The molecule has 0 aromatic heterocycles. The van der Waals surface area contributed by atoms with E-state index >= 15 is 0 Å². The normalized spacial score (nSPS) is 13.2. The van der Waals surface area contributed by atoms with Gasteiger partial charge in [0.15, 0.2) is 0 Å². The van der Waals surface area contributed by atoms with Crippen molar-refractivity contribution < 1.29 is 9.90 Å². The molecule has 0 bridgehead atoms. The van der Waals surface area contributed by atoms with E-state index in [1.54, 1.807) is 12.1 Å². The van der Waals surface area contributed by atoms with E-state index in [1.165, 1.54) is 0 Å². The quantitative estimate of drug-likeness (QED) is 0.897. The van der Waals surface area contributed by atoms with Crippen LogP contribution in [0.25, 0.3) is 0 Å². The largest absolute Gasteiger partial charge is 0.396 e. The highest BCUT2D eigenvalue weighted by Gasteiger charge is 2.25. The number of amides is 1. The second kappa shape index (κ2) is 6.34. The van der Waals surface area contributed by atoms with Crippen molar-refractivity contribution in [2.75, 3.05) is 6.61 Å². The molecule has 4 heteroatoms. The van der Waals surface area contributed by atoms with Crippen molar-refractivity contribution in [1.29, 1.82) is 0 Å². The highest BCUT2D eigenvalue weighted by molar-refractivity contribution is 9.10. The van der Waals surface area contributed by atoms with Gasteiger partial charge in [-0.1, -0.05) is 36.7 Å². The lowest BCUT2D eigenvalue weighted by Crippen LogP contribution is -2.44. The van der Waals surface area contributed by atoms with Crippen molar-refractivity contribution in [1.82, 2.24) is 5.32 Å². The Morgan fingerprint density at radius 1 is 1.33 bits per heavy atom. The van der Waals surface area contributed by atoms with E-state index in [1.807, 2.05) is 12.1 Å². The predicted octanol–water partition coefficient (Wildman–Crippen LogP) is 2.98. The average molecular weight is 314 g/mol. The first kappa shape index (κ1) is 15.2. The monoisotopic (exact) mass is 313 g/mol. The lowest BCUT2D eigenvalue weighted by Gasteiger charge is -2.31. The molecule has 1 unspecified atom stereocenters. The van der Waals surface area contributed by atoms with Crippen LogP contribution in [0.4, 0.5) is 0 Å². The van der Waals surface area contributed by atoms with Gasteiger partial charge in [0, 0.05) is 22.7 Å². The summed E-state index contributed by atoms with van der Waals surface area (Å²) in [5.74, 6) is -0.101. The van der Waals surface area contributed by atoms with Crippen molar-refractivity contribution in [3.63, 3.8) is 0 Å². The average Bonchev–Trinajstić information content (AvgIpc) is 2.28. The molecule has 0 aliphatic heterocycles. The number of hydrogen-bond donors (Lipinski definition) is 2. The zero-order valence-corrected chi connectivity index (χ0v) is 12.6. The van der Waals surface area contributed by atoms with E-state index in [9.17, 15) is 4.79 Å². The summed E-state index contributed by atoms with van der Waals surface area (Å²) in [6.07, 6.45) is 0.561. The zero-order chi connectivity index (χ0) is 13.8. The first-order valence-corrected chi connectivity index (χ1v) is 6.81. The minimum absolute atomic E-state index is 0.0429. The SMILES string of the molecule is CC(C)(C)C(CCO)NC(=O)c1ccc(Br)cc1. The summed E-state index contributed by atoms with van der Waals surface area (Å²) in [6, 6.07) is 7.19. The fourth-order valence-corrected chi connectivity index (χ4v) is 1.96. The number of nitrogens with one attached hydrogen (secondary N) is 1. The molecular formula is C14H20BrNO2. The molecule has 0 spiro atoms. The number of halogens is 1. The number of hydrogen-bond acceptors (Lipinski definition) is 2. The van der Waals surface area contributed by atoms with Gasteiger partial charge < -0.3 is 10.4 Å². The summed E-state index contributed by atoms with van der Waals surface area (Å²) in [5, 5.41) is 12.0.